The SMILES string of the molecule is O=C(O)c1ccccc1Nc1c(S(=O)(=O)C2CNCCO2)cnc2ccc(-c3ccc(Oc4ccccc4)nc3)cc12. The van der Waals surface area contributed by atoms with Gasteiger partial charge in [-0.1, -0.05) is 36.4 Å². The van der Waals surface area contributed by atoms with E-state index in [2.05, 4.69) is 20.6 Å². The Bertz CT molecular complexity index is 1860. The fraction of sp³-hybridized carbons (Fsp3) is 0.129. The van der Waals surface area contributed by atoms with Gasteiger partial charge in [0.25, 0.3) is 0 Å². The van der Waals surface area contributed by atoms with Crippen molar-refractivity contribution in [3.8, 4) is 22.8 Å². The van der Waals surface area contributed by atoms with Crippen molar-refractivity contribution < 1.29 is 27.8 Å². The normalized spacial score (nSPS) is 15.3. The Balaban J connectivity index is 1.45. The number of fused-ring (bicyclic) bond motifs is 1. The van der Waals surface area contributed by atoms with E-state index in [1.165, 1.54) is 12.3 Å². The highest BCUT2D eigenvalue weighted by atomic mass is 32.2. The number of morpholine rings is 1. The van der Waals surface area contributed by atoms with Crippen LogP contribution in [0.1, 0.15) is 10.4 Å². The third kappa shape index (κ3) is 5.53. The molecule has 1 aliphatic heterocycles. The second-order valence-corrected chi connectivity index (χ2v) is 11.6. The first-order valence-corrected chi connectivity index (χ1v) is 14.7. The number of ether oxygens (including phenoxy) is 2. The molecule has 11 heteroatoms. The van der Waals surface area contributed by atoms with Crippen LogP contribution in [0.15, 0.2) is 102 Å². The highest BCUT2D eigenvalue weighted by Gasteiger charge is 2.33. The summed E-state index contributed by atoms with van der Waals surface area (Å²) in [6.07, 6.45) is 2.96. The van der Waals surface area contributed by atoms with E-state index >= 15 is 0 Å². The molecule has 0 spiro atoms. The van der Waals surface area contributed by atoms with Gasteiger partial charge in [0.15, 0.2) is 5.44 Å². The summed E-state index contributed by atoms with van der Waals surface area (Å²) < 4.78 is 39.0. The minimum Gasteiger partial charge on any atom is -0.478 e. The van der Waals surface area contributed by atoms with E-state index in [0.717, 1.165) is 11.1 Å². The molecule has 0 radical (unpaired) electrons. The fourth-order valence-corrected chi connectivity index (χ4v) is 6.26. The van der Waals surface area contributed by atoms with Gasteiger partial charge in [-0.15, -0.1) is 0 Å². The molecule has 0 saturated carbocycles. The molecule has 0 bridgehead atoms. The van der Waals surface area contributed by atoms with E-state index in [-0.39, 0.29) is 35.0 Å². The summed E-state index contributed by atoms with van der Waals surface area (Å²) in [4.78, 5) is 20.8. The van der Waals surface area contributed by atoms with Crippen molar-refractivity contribution in [1.29, 1.82) is 0 Å². The molecule has 42 heavy (non-hydrogen) atoms. The molecule has 1 atom stereocenters. The maximum absolute atomic E-state index is 13.8. The Kier molecular flexibility index (Phi) is 7.53. The van der Waals surface area contributed by atoms with E-state index in [0.29, 0.717) is 29.1 Å². The van der Waals surface area contributed by atoms with Crippen molar-refractivity contribution in [1.82, 2.24) is 15.3 Å². The number of hydrogen-bond acceptors (Lipinski definition) is 9. The predicted molar refractivity (Wildman–Crippen MR) is 158 cm³/mol. The van der Waals surface area contributed by atoms with Crippen molar-refractivity contribution in [2.45, 2.75) is 10.3 Å². The van der Waals surface area contributed by atoms with Gasteiger partial charge < -0.3 is 25.2 Å². The molecular weight excluding hydrogens is 556 g/mol. The molecular formula is C31H26N4O6S. The van der Waals surface area contributed by atoms with Crippen LogP contribution in [0.25, 0.3) is 22.0 Å². The first-order chi connectivity index (χ1) is 20.4. The summed E-state index contributed by atoms with van der Waals surface area (Å²) in [6, 6.07) is 24.7. The number of aromatic carboxylic acids is 1. The summed E-state index contributed by atoms with van der Waals surface area (Å²) in [5.41, 5.74) is 1.37. The van der Waals surface area contributed by atoms with Gasteiger partial charge in [0, 0.05) is 42.5 Å². The molecule has 3 N–H and O–H groups in total. The minimum atomic E-state index is -4.04. The number of hydrogen-bond donors (Lipinski definition) is 3. The number of pyridine rings is 2. The van der Waals surface area contributed by atoms with Crippen LogP contribution in [0.4, 0.5) is 11.4 Å². The molecule has 10 nitrogen and oxygen atoms in total. The average Bonchev–Trinajstić information content (AvgIpc) is 3.02. The number of para-hydroxylation sites is 2. The zero-order valence-corrected chi connectivity index (χ0v) is 23.0. The Hall–Kier alpha value is -4.84. The van der Waals surface area contributed by atoms with Gasteiger partial charge in [0.2, 0.25) is 15.7 Å². The van der Waals surface area contributed by atoms with Gasteiger partial charge in [-0.05, 0) is 48.0 Å². The molecule has 1 unspecified atom stereocenters. The lowest BCUT2D eigenvalue weighted by Crippen LogP contribution is -2.43. The van der Waals surface area contributed by atoms with Gasteiger partial charge in [-0.25, -0.2) is 18.2 Å². The smallest absolute Gasteiger partial charge is 0.337 e. The lowest BCUT2D eigenvalue weighted by Gasteiger charge is -2.25. The molecule has 0 aliphatic carbocycles. The molecule has 1 saturated heterocycles. The van der Waals surface area contributed by atoms with Gasteiger partial charge in [0.1, 0.15) is 10.6 Å². The molecule has 0 amide bonds. The number of carbonyl (C=O) groups is 1. The van der Waals surface area contributed by atoms with Crippen molar-refractivity contribution in [3.05, 3.63) is 103 Å². The largest absolute Gasteiger partial charge is 0.478 e. The second-order valence-electron chi connectivity index (χ2n) is 9.55. The molecule has 1 aliphatic rings. The number of aromatic nitrogens is 2. The maximum Gasteiger partial charge on any atom is 0.337 e. The molecule has 2 aromatic heterocycles. The monoisotopic (exact) mass is 582 g/mol. The van der Waals surface area contributed by atoms with E-state index in [1.54, 1.807) is 36.5 Å². The van der Waals surface area contributed by atoms with Crippen LogP contribution >= 0.6 is 0 Å². The number of carboxylic acid groups (broad SMARTS) is 1. The van der Waals surface area contributed by atoms with E-state index < -0.39 is 21.2 Å². The quantitative estimate of drug-likeness (QED) is 0.222. The lowest BCUT2D eigenvalue weighted by atomic mass is 10.0. The summed E-state index contributed by atoms with van der Waals surface area (Å²) in [6.45, 7) is 0.914. The van der Waals surface area contributed by atoms with Crippen molar-refractivity contribution >= 4 is 38.1 Å². The Labute approximate surface area is 241 Å². The number of rotatable bonds is 8. The maximum atomic E-state index is 13.8. The topological polar surface area (TPSA) is 140 Å². The van der Waals surface area contributed by atoms with Crippen LogP contribution in [0.5, 0.6) is 11.6 Å². The first kappa shape index (κ1) is 27.3. The Morgan fingerprint density at radius 1 is 0.952 bits per heavy atom. The zero-order chi connectivity index (χ0) is 29.1. The third-order valence-electron chi connectivity index (χ3n) is 6.83. The molecule has 3 heterocycles. The van der Waals surface area contributed by atoms with Gasteiger partial charge >= 0.3 is 5.97 Å². The Morgan fingerprint density at radius 3 is 2.48 bits per heavy atom. The predicted octanol–water partition coefficient (Wildman–Crippen LogP) is 5.25. The summed E-state index contributed by atoms with van der Waals surface area (Å²) in [7, 11) is -4.04. The van der Waals surface area contributed by atoms with Crippen molar-refractivity contribution in [3.63, 3.8) is 0 Å². The third-order valence-corrected chi connectivity index (χ3v) is 8.75. The average molecular weight is 583 g/mol. The van der Waals surface area contributed by atoms with Gasteiger partial charge in [-0.3, -0.25) is 4.98 Å². The number of nitrogens with one attached hydrogen (secondary N) is 2. The van der Waals surface area contributed by atoms with Crippen LogP contribution in [0.2, 0.25) is 0 Å². The van der Waals surface area contributed by atoms with Crippen LogP contribution in [-0.2, 0) is 14.6 Å². The summed E-state index contributed by atoms with van der Waals surface area (Å²) >= 11 is 0. The van der Waals surface area contributed by atoms with Crippen molar-refractivity contribution in [2.75, 3.05) is 25.0 Å². The number of benzene rings is 3. The van der Waals surface area contributed by atoms with Crippen LogP contribution in [0, 0.1) is 0 Å². The fourth-order valence-electron chi connectivity index (χ4n) is 4.71. The highest BCUT2D eigenvalue weighted by molar-refractivity contribution is 7.92. The number of carboxylic acids is 1. The zero-order valence-electron chi connectivity index (χ0n) is 22.2. The van der Waals surface area contributed by atoms with Gasteiger partial charge in [0.05, 0.1) is 29.1 Å². The van der Waals surface area contributed by atoms with Gasteiger partial charge in [-0.2, -0.15) is 0 Å². The standard InChI is InChI=1S/C31H26N4O6S/c36-31(37)23-8-4-5-9-26(23)35-30-24-16-20(21-11-13-28(34-17-21)41-22-6-2-1-3-7-22)10-12-25(24)33-18-27(30)42(38,39)29-19-32-14-15-40-29/h1-13,16-18,29,32H,14-15,19H2,(H,33,35)(H,36,37). The molecule has 6 rings (SSSR count). The first-order valence-electron chi connectivity index (χ1n) is 13.2. The van der Waals surface area contributed by atoms with Crippen molar-refractivity contribution in [2.24, 2.45) is 0 Å². The molecule has 212 valence electrons. The molecule has 3 aromatic carbocycles. The number of sulfone groups is 1. The van der Waals surface area contributed by atoms with E-state index in [1.807, 2.05) is 48.5 Å². The Morgan fingerprint density at radius 2 is 1.74 bits per heavy atom. The van der Waals surface area contributed by atoms with Crippen LogP contribution in [0.3, 0.4) is 0 Å². The molecule has 5 aromatic rings. The number of anilines is 2. The number of nitrogens with zero attached hydrogens (tertiary/aromatic N) is 2. The second kappa shape index (κ2) is 11.6. The minimum absolute atomic E-state index is 0.00393. The molecule has 1 fully saturated rings. The lowest BCUT2D eigenvalue weighted by molar-refractivity contribution is 0.0698. The van der Waals surface area contributed by atoms with Crippen LogP contribution < -0.4 is 15.4 Å². The van der Waals surface area contributed by atoms with E-state index in [4.69, 9.17) is 9.47 Å². The van der Waals surface area contributed by atoms with Crippen LogP contribution in [-0.4, -0.2) is 54.6 Å². The van der Waals surface area contributed by atoms with E-state index in [9.17, 15) is 18.3 Å². The summed E-state index contributed by atoms with van der Waals surface area (Å²) in [5, 5.41) is 16.4. The summed E-state index contributed by atoms with van der Waals surface area (Å²) in [5.74, 6) is -0.0578. The highest BCUT2D eigenvalue weighted by Crippen LogP contribution is 2.37.